The van der Waals surface area contributed by atoms with Crippen LogP contribution in [0.2, 0.25) is 5.02 Å². The fraction of sp³-hybridized carbons (Fsp3) is 0.0769. The third-order valence-corrected chi connectivity index (χ3v) is 3.05. The molecule has 0 saturated heterocycles. The molecule has 2 rings (SSSR count). The molecule has 0 atom stereocenters. The van der Waals surface area contributed by atoms with E-state index in [1.54, 1.807) is 25.1 Å². The molecule has 0 aliphatic heterocycles. The Hall–Kier alpha value is -2.47. The van der Waals surface area contributed by atoms with E-state index in [0.29, 0.717) is 17.5 Å². The average Bonchev–Trinajstić information content (AvgIpc) is 2.44. The fourth-order valence-electron chi connectivity index (χ4n) is 1.57. The molecule has 1 amide bonds. The lowest BCUT2D eigenvalue weighted by Gasteiger charge is -2.09. The number of aromatic nitrogens is 2. The van der Waals surface area contributed by atoms with Crippen LogP contribution in [0.5, 0.6) is 0 Å². The van der Waals surface area contributed by atoms with E-state index in [1.165, 1.54) is 0 Å². The van der Waals surface area contributed by atoms with Gasteiger partial charge in [-0.3, -0.25) is 9.59 Å². The van der Waals surface area contributed by atoms with Gasteiger partial charge in [0.15, 0.2) is 5.69 Å². The van der Waals surface area contributed by atoms with Crippen LogP contribution in [0.25, 0.3) is 0 Å². The molecule has 6 nitrogen and oxygen atoms in total. The van der Waals surface area contributed by atoms with Crippen LogP contribution < -0.4 is 11.1 Å². The first-order valence-corrected chi connectivity index (χ1v) is 6.04. The van der Waals surface area contributed by atoms with E-state index in [1.807, 2.05) is 0 Å². The Labute approximate surface area is 120 Å². The number of nitrogen functional groups attached to an aromatic ring is 1. The monoisotopic (exact) mass is 290 g/mol. The van der Waals surface area contributed by atoms with Gasteiger partial charge in [0.05, 0.1) is 0 Å². The van der Waals surface area contributed by atoms with Crippen molar-refractivity contribution in [1.82, 2.24) is 9.97 Å². The number of carbonyl (C=O) groups is 2. The topological polar surface area (TPSA) is 98.0 Å². The maximum absolute atomic E-state index is 12.1. The lowest BCUT2D eigenvalue weighted by atomic mass is 10.1. The van der Waals surface area contributed by atoms with Crippen molar-refractivity contribution in [2.24, 2.45) is 0 Å². The van der Waals surface area contributed by atoms with E-state index in [4.69, 9.17) is 17.3 Å². The van der Waals surface area contributed by atoms with Gasteiger partial charge >= 0.3 is 0 Å². The number of nitrogens with two attached hydrogens (primary N) is 1. The maximum atomic E-state index is 12.1. The van der Waals surface area contributed by atoms with E-state index in [2.05, 4.69) is 15.3 Å². The molecule has 0 spiro atoms. The molecule has 0 unspecified atom stereocenters. The van der Waals surface area contributed by atoms with Gasteiger partial charge in [0, 0.05) is 11.3 Å². The van der Waals surface area contributed by atoms with Gasteiger partial charge in [-0.25, -0.2) is 9.97 Å². The van der Waals surface area contributed by atoms with Crippen LogP contribution in [0.1, 0.15) is 26.4 Å². The van der Waals surface area contributed by atoms with Gasteiger partial charge in [-0.05, 0) is 18.6 Å². The highest BCUT2D eigenvalue weighted by atomic mass is 35.5. The molecule has 0 radical (unpaired) electrons. The zero-order chi connectivity index (χ0) is 14.7. The number of aryl methyl sites for hydroxylation is 1. The summed E-state index contributed by atoms with van der Waals surface area (Å²) in [5.74, 6) is -0.486. The Morgan fingerprint density at radius 3 is 2.85 bits per heavy atom. The number of hydrogen-bond donors (Lipinski definition) is 2. The second-order valence-corrected chi connectivity index (χ2v) is 4.45. The number of rotatable bonds is 3. The first-order valence-electron chi connectivity index (χ1n) is 5.66. The molecule has 20 heavy (non-hydrogen) atoms. The summed E-state index contributed by atoms with van der Waals surface area (Å²) in [6, 6.07) is 4.96. The molecule has 1 heterocycles. The molecule has 1 aromatic carbocycles. The molecule has 1 aromatic heterocycles. The Morgan fingerprint density at radius 2 is 2.15 bits per heavy atom. The Kier molecular flexibility index (Phi) is 3.95. The predicted octanol–water partition coefficient (Wildman–Crippen LogP) is 2.09. The van der Waals surface area contributed by atoms with Crippen molar-refractivity contribution in [1.29, 1.82) is 0 Å². The first-order chi connectivity index (χ1) is 9.52. The zero-order valence-electron chi connectivity index (χ0n) is 10.6. The molecular formula is C13H11ClN4O2. The minimum absolute atomic E-state index is 0.00537. The summed E-state index contributed by atoms with van der Waals surface area (Å²) in [6.07, 6.45) is 1.86. The summed E-state index contributed by atoms with van der Waals surface area (Å²) in [6.45, 7) is 1.81. The second-order valence-electron chi connectivity index (χ2n) is 4.07. The lowest BCUT2D eigenvalue weighted by molar-refractivity contribution is 0.102. The van der Waals surface area contributed by atoms with E-state index < -0.39 is 5.91 Å². The summed E-state index contributed by atoms with van der Waals surface area (Å²) in [5, 5.41) is 2.64. The summed E-state index contributed by atoms with van der Waals surface area (Å²) in [7, 11) is 0. The van der Waals surface area contributed by atoms with Gasteiger partial charge in [0.2, 0.25) is 0 Å². The summed E-state index contributed by atoms with van der Waals surface area (Å²) < 4.78 is 0. The molecule has 3 N–H and O–H groups in total. The number of amides is 1. The van der Waals surface area contributed by atoms with Crippen LogP contribution in [0, 0.1) is 6.92 Å². The number of benzene rings is 1. The number of aldehydes is 1. The van der Waals surface area contributed by atoms with Crippen molar-refractivity contribution in [2.75, 3.05) is 11.1 Å². The molecule has 0 fully saturated rings. The van der Waals surface area contributed by atoms with Crippen LogP contribution in [0.4, 0.5) is 11.5 Å². The largest absolute Gasteiger partial charge is 0.382 e. The smallest absolute Gasteiger partial charge is 0.276 e. The van der Waals surface area contributed by atoms with Crippen molar-refractivity contribution in [3.05, 3.63) is 46.4 Å². The van der Waals surface area contributed by atoms with Gasteiger partial charge < -0.3 is 11.1 Å². The third kappa shape index (κ3) is 2.75. The van der Waals surface area contributed by atoms with Crippen LogP contribution in [0.15, 0.2) is 24.5 Å². The van der Waals surface area contributed by atoms with Crippen LogP contribution in [-0.4, -0.2) is 22.2 Å². The van der Waals surface area contributed by atoms with Gasteiger partial charge in [-0.15, -0.1) is 0 Å². The quantitative estimate of drug-likeness (QED) is 0.843. The molecule has 0 aliphatic carbocycles. The fourth-order valence-corrected chi connectivity index (χ4v) is 1.75. The number of hydrogen-bond acceptors (Lipinski definition) is 5. The average molecular weight is 291 g/mol. The SMILES string of the molecule is Cc1ccc(C=O)cc1NC(=O)c1ncnc(N)c1Cl. The van der Waals surface area contributed by atoms with E-state index >= 15 is 0 Å². The van der Waals surface area contributed by atoms with Gasteiger partial charge in [-0.2, -0.15) is 0 Å². The molecule has 0 bridgehead atoms. The third-order valence-electron chi connectivity index (χ3n) is 2.68. The van der Waals surface area contributed by atoms with Crippen molar-refractivity contribution in [2.45, 2.75) is 6.92 Å². The van der Waals surface area contributed by atoms with Crippen molar-refractivity contribution in [3.8, 4) is 0 Å². The van der Waals surface area contributed by atoms with E-state index in [0.717, 1.165) is 11.9 Å². The maximum Gasteiger partial charge on any atom is 0.276 e. The Morgan fingerprint density at radius 1 is 1.40 bits per heavy atom. The molecule has 7 heteroatoms. The van der Waals surface area contributed by atoms with Crippen LogP contribution >= 0.6 is 11.6 Å². The summed E-state index contributed by atoms with van der Waals surface area (Å²) >= 11 is 5.89. The Bertz CT molecular complexity index is 688. The summed E-state index contributed by atoms with van der Waals surface area (Å²) in [5.41, 5.74) is 7.27. The van der Waals surface area contributed by atoms with Gasteiger partial charge in [0.25, 0.3) is 5.91 Å². The standard InChI is InChI=1S/C13H11ClN4O2/c1-7-2-3-8(5-19)4-9(7)18-13(20)11-10(14)12(15)17-6-16-11/h2-6H,1H3,(H,18,20)(H2,15,16,17). The first kappa shape index (κ1) is 14.0. The zero-order valence-corrected chi connectivity index (χ0v) is 11.3. The number of nitrogens with one attached hydrogen (secondary N) is 1. The predicted molar refractivity (Wildman–Crippen MR) is 76.0 cm³/mol. The Balaban J connectivity index is 2.32. The second kappa shape index (κ2) is 5.66. The molecule has 0 saturated carbocycles. The number of carbonyl (C=O) groups excluding carboxylic acids is 2. The van der Waals surface area contributed by atoms with Crippen molar-refractivity contribution >= 4 is 35.3 Å². The molecular weight excluding hydrogens is 280 g/mol. The highest BCUT2D eigenvalue weighted by Gasteiger charge is 2.16. The molecule has 0 aliphatic rings. The highest BCUT2D eigenvalue weighted by Crippen LogP contribution is 2.21. The van der Waals surface area contributed by atoms with E-state index in [9.17, 15) is 9.59 Å². The van der Waals surface area contributed by atoms with Crippen molar-refractivity contribution < 1.29 is 9.59 Å². The molecule has 2 aromatic rings. The number of nitrogens with zero attached hydrogens (tertiary/aromatic N) is 2. The van der Waals surface area contributed by atoms with Crippen LogP contribution in [0.3, 0.4) is 0 Å². The minimum Gasteiger partial charge on any atom is -0.382 e. The highest BCUT2D eigenvalue weighted by molar-refractivity contribution is 6.36. The van der Waals surface area contributed by atoms with E-state index in [-0.39, 0.29) is 16.5 Å². The van der Waals surface area contributed by atoms with Crippen molar-refractivity contribution in [3.63, 3.8) is 0 Å². The lowest BCUT2D eigenvalue weighted by Crippen LogP contribution is -2.16. The van der Waals surface area contributed by atoms with Gasteiger partial charge in [-0.1, -0.05) is 23.7 Å². The van der Waals surface area contributed by atoms with Gasteiger partial charge in [0.1, 0.15) is 23.5 Å². The summed E-state index contributed by atoms with van der Waals surface area (Å²) in [4.78, 5) is 30.3. The normalized spacial score (nSPS) is 10.1. The molecule has 102 valence electrons. The number of anilines is 2. The minimum atomic E-state index is -0.518. The van der Waals surface area contributed by atoms with Crippen LogP contribution in [-0.2, 0) is 0 Å². The number of halogens is 1.